The summed E-state index contributed by atoms with van der Waals surface area (Å²) in [6.45, 7) is 0.486. The summed E-state index contributed by atoms with van der Waals surface area (Å²) in [7, 11) is 1.69. The average Bonchev–Trinajstić information content (AvgIpc) is 2.48. The molecule has 6 heteroatoms. The monoisotopic (exact) mass is 285 g/mol. The molecule has 0 aromatic heterocycles. The maximum absolute atomic E-state index is 12.0. The van der Waals surface area contributed by atoms with E-state index >= 15 is 0 Å². The predicted molar refractivity (Wildman–Crippen MR) is 80.0 cm³/mol. The molecule has 0 heterocycles. The third-order valence-corrected chi connectivity index (χ3v) is 2.94. The number of carbonyl (C=O) groups is 1. The van der Waals surface area contributed by atoms with E-state index in [1.165, 1.54) is 29.2 Å². The van der Waals surface area contributed by atoms with E-state index < -0.39 is 4.92 Å². The molecule has 0 aliphatic rings. The van der Waals surface area contributed by atoms with E-state index in [9.17, 15) is 14.9 Å². The Balaban J connectivity index is 1.95. The summed E-state index contributed by atoms with van der Waals surface area (Å²) < 4.78 is 0. The van der Waals surface area contributed by atoms with Crippen molar-refractivity contribution in [2.75, 3.05) is 12.4 Å². The summed E-state index contributed by atoms with van der Waals surface area (Å²) in [5.41, 5.74) is 1.54. The van der Waals surface area contributed by atoms with Crippen LogP contribution in [0.2, 0.25) is 0 Å². The highest BCUT2D eigenvalue weighted by atomic mass is 16.6. The second-order valence-corrected chi connectivity index (χ2v) is 4.58. The van der Waals surface area contributed by atoms with Gasteiger partial charge in [-0.2, -0.15) is 0 Å². The second kappa shape index (κ2) is 6.51. The molecule has 0 bridgehead atoms. The molecule has 1 N–H and O–H groups in total. The summed E-state index contributed by atoms with van der Waals surface area (Å²) >= 11 is 0. The van der Waals surface area contributed by atoms with Crippen molar-refractivity contribution in [3.8, 4) is 0 Å². The zero-order valence-electron chi connectivity index (χ0n) is 11.5. The predicted octanol–water partition coefficient (Wildman–Crippen LogP) is 3.26. The normalized spacial score (nSPS) is 9.95. The van der Waals surface area contributed by atoms with Crippen LogP contribution in [0.25, 0.3) is 0 Å². The van der Waals surface area contributed by atoms with Crippen molar-refractivity contribution in [3.63, 3.8) is 0 Å². The highest BCUT2D eigenvalue weighted by molar-refractivity contribution is 5.89. The first-order chi connectivity index (χ1) is 10.1. The third-order valence-electron chi connectivity index (χ3n) is 2.94. The van der Waals surface area contributed by atoms with Crippen molar-refractivity contribution >= 4 is 17.4 Å². The maximum atomic E-state index is 12.0. The number of non-ortho nitro benzene ring substituents is 1. The first kappa shape index (κ1) is 14.5. The van der Waals surface area contributed by atoms with Gasteiger partial charge in [0.1, 0.15) is 0 Å². The topological polar surface area (TPSA) is 75.5 Å². The molecule has 6 nitrogen and oxygen atoms in total. The van der Waals surface area contributed by atoms with Gasteiger partial charge in [0.2, 0.25) is 0 Å². The molecule has 0 saturated carbocycles. The Morgan fingerprint density at radius 2 is 1.76 bits per heavy atom. The van der Waals surface area contributed by atoms with Gasteiger partial charge in [0, 0.05) is 31.4 Å². The van der Waals surface area contributed by atoms with Crippen LogP contribution in [-0.2, 0) is 6.54 Å². The van der Waals surface area contributed by atoms with Crippen LogP contribution in [0.3, 0.4) is 0 Å². The summed E-state index contributed by atoms with van der Waals surface area (Å²) in [5.74, 6) is 0. The van der Waals surface area contributed by atoms with Gasteiger partial charge in [-0.05, 0) is 17.7 Å². The Labute approximate surface area is 122 Å². The molecule has 2 aromatic rings. The van der Waals surface area contributed by atoms with E-state index in [0.717, 1.165) is 5.56 Å². The van der Waals surface area contributed by atoms with Gasteiger partial charge in [-0.25, -0.2) is 4.79 Å². The van der Waals surface area contributed by atoms with E-state index in [4.69, 9.17) is 0 Å². The molecule has 0 atom stereocenters. The smallest absolute Gasteiger partial charge is 0.321 e. The molecule has 0 fully saturated rings. The quantitative estimate of drug-likeness (QED) is 0.692. The number of benzene rings is 2. The molecular weight excluding hydrogens is 270 g/mol. The average molecular weight is 285 g/mol. The van der Waals surface area contributed by atoms with Crippen LogP contribution in [0.15, 0.2) is 54.6 Å². The minimum absolute atomic E-state index is 0.00867. The fourth-order valence-corrected chi connectivity index (χ4v) is 1.81. The Hall–Kier alpha value is -2.89. The fourth-order valence-electron chi connectivity index (χ4n) is 1.81. The number of hydrogen-bond donors (Lipinski definition) is 1. The van der Waals surface area contributed by atoms with Crippen molar-refractivity contribution in [1.82, 2.24) is 4.90 Å². The minimum Gasteiger partial charge on any atom is -0.323 e. The number of anilines is 1. The molecule has 2 aromatic carbocycles. The molecule has 21 heavy (non-hydrogen) atoms. The summed E-state index contributed by atoms with van der Waals surface area (Å²) in [6.07, 6.45) is 0. The third kappa shape index (κ3) is 4.04. The number of nitrogens with one attached hydrogen (secondary N) is 1. The number of hydrogen-bond acceptors (Lipinski definition) is 3. The van der Waals surface area contributed by atoms with Gasteiger partial charge in [-0.3, -0.25) is 10.1 Å². The number of urea groups is 1. The number of rotatable bonds is 4. The second-order valence-electron chi connectivity index (χ2n) is 4.58. The Morgan fingerprint density at radius 1 is 1.14 bits per heavy atom. The van der Waals surface area contributed by atoms with Gasteiger partial charge in [0.25, 0.3) is 5.69 Å². The van der Waals surface area contributed by atoms with Gasteiger partial charge in [0.15, 0.2) is 0 Å². The largest absolute Gasteiger partial charge is 0.323 e. The molecule has 2 rings (SSSR count). The lowest BCUT2D eigenvalue weighted by Crippen LogP contribution is -2.30. The Kier molecular flexibility index (Phi) is 4.50. The van der Waals surface area contributed by atoms with Gasteiger partial charge in [-0.15, -0.1) is 0 Å². The first-order valence-corrected chi connectivity index (χ1v) is 6.37. The van der Waals surface area contributed by atoms with Gasteiger partial charge in [0.05, 0.1) is 4.92 Å². The van der Waals surface area contributed by atoms with Crippen LogP contribution >= 0.6 is 0 Å². The van der Waals surface area contributed by atoms with Crippen molar-refractivity contribution in [2.45, 2.75) is 6.54 Å². The van der Waals surface area contributed by atoms with E-state index in [0.29, 0.717) is 12.2 Å². The number of amides is 2. The number of nitro benzene ring substituents is 1. The molecule has 0 radical (unpaired) electrons. The van der Waals surface area contributed by atoms with Crippen LogP contribution in [0.4, 0.5) is 16.2 Å². The first-order valence-electron chi connectivity index (χ1n) is 6.37. The van der Waals surface area contributed by atoms with Gasteiger partial charge >= 0.3 is 6.03 Å². The summed E-state index contributed by atoms with van der Waals surface area (Å²) in [5, 5.41) is 13.2. The molecule has 0 aliphatic heterocycles. The van der Waals surface area contributed by atoms with E-state index in [1.54, 1.807) is 7.05 Å². The molecule has 0 saturated heterocycles. The highest BCUT2D eigenvalue weighted by Gasteiger charge is 2.10. The van der Waals surface area contributed by atoms with Crippen LogP contribution in [0.1, 0.15) is 5.56 Å². The SMILES string of the molecule is CN(Cc1ccccc1)C(=O)Nc1ccc([N+](=O)[O-])cc1. The summed E-state index contributed by atoms with van der Waals surface area (Å²) in [4.78, 5) is 23.6. The standard InChI is InChI=1S/C15H15N3O3/c1-17(11-12-5-3-2-4-6-12)15(19)16-13-7-9-14(10-8-13)18(20)21/h2-10H,11H2,1H3,(H,16,19). The van der Waals surface area contributed by atoms with Crippen LogP contribution in [0, 0.1) is 10.1 Å². The number of nitro groups is 1. The van der Waals surface area contributed by atoms with Gasteiger partial charge < -0.3 is 10.2 Å². The van der Waals surface area contributed by atoms with Crippen molar-refractivity contribution in [3.05, 3.63) is 70.3 Å². The highest BCUT2D eigenvalue weighted by Crippen LogP contribution is 2.16. The molecule has 0 unspecified atom stereocenters. The Bertz CT molecular complexity index is 626. The maximum Gasteiger partial charge on any atom is 0.321 e. The van der Waals surface area contributed by atoms with Crippen LogP contribution in [0.5, 0.6) is 0 Å². The van der Waals surface area contributed by atoms with Gasteiger partial charge in [-0.1, -0.05) is 30.3 Å². The van der Waals surface area contributed by atoms with Crippen molar-refractivity contribution < 1.29 is 9.72 Å². The lowest BCUT2D eigenvalue weighted by Gasteiger charge is -2.18. The lowest BCUT2D eigenvalue weighted by molar-refractivity contribution is -0.384. The number of nitrogens with zero attached hydrogens (tertiary/aromatic N) is 2. The zero-order valence-corrected chi connectivity index (χ0v) is 11.5. The van der Waals surface area contributed by atoms with Crippen molar-refractivity contribution in [2.24, 2.45) is 0 Å². The van der Waals surface area contributed by atoms with E-state index in [-0.39, 0.29) is 11.7 Å². The fraction of sp³-hybridized carbons (Fsp3) is 0.133. The molecule has 2 amide bonds. The summed E-state index contributed by atoms with van der Waals surface area (Å²) in [6, 6.07) is 15.1. The molecule has 0 spiro atoms. The van der Waals surface area contributed by atoms with E-state index in [1.807, 2.05) is 30.3 Å². The zero-order chi connectivity index (χ0) is 15.2. The minimum atomic E-state index is -0.479. The lowest BCUT2D eigenvalue weighted by atomic mass is 10.2. The van der Waals surface area contributed by atoms with E-state index in [2.05, 4.69) is 5.32 Å². The molecule has 0 aliphatic carbocycles. The van der Waals surface area contributed by atoms with Crippen molar-refractivity contribution in [1.29, 1.82) is 0 Å². The van der Waals surface area contributed by atoms with Crippen LogP contribution < -0.4 is 5.32 Å². The van der Waals surface area contributed by atoms with Crippen LogP contribution in [-0.4, -0.2) is 22.9 Å². The molecule has 108 valence electrons. The molecular formula is C15H15N3O3. The Morgan fingerprint density at radius 3 is 2.33 bits per heavy atom. The number of carbonyl (C=O) groups excluding carboxylic acids is 1.